The van der Waals surface area contributed by atoms with Crippen LogP contribution in [0, 0.1) is 0 Å². The molecule has 8 aromatic rings. The summed E-state index contributed by atoms with van der Waals surface area (Å²) in [6.45, 7) is 0. The number of aromatic nitrogens is 5. The summed E-state index contributed by atoms with van der Waals surface area (Å²) in [7, 11) is 0. The van der Waals surface area contributed by atoms with Gasteiger partial charge in [0.25, 0.3) is 0 Å². The smallest absolute Gasteiger partial charge is 0.164 e. The first-order valence-corrected chi connectivity index (χ1v) is 16.4. The van der Waals surface area contributed by atoms with Crippen LogP contribution in [0.3, 0.4) is 0 Å². The minimum absolute atomic E-state index is 0.607. The van der Waals surface area contributed by atoms with E-state index in [0.717, 1.165) is 56.8 Å². The quantitative estimate of drug-likeness (QED) is 0.184. The topological polar surface area (TPSA) is 64.5 Å². The Bertz CT molecular complexity index is 2340. The molecule has 0 amide bonds. The van der Waals surface area contributed by atoms with Crippen LogP contribution in [-0.4, -0.2) is 24.9 Å². The van der Waals surface area contributed by atoms with E-state index in [-0.39, 0.29) is 0 Å². The number of benzene rings is 6. The molecule has 1 aliphatic rings. The molecule has 2 aromatic heterocycles. The average molecular weight is 628 g/mol. The summed E-state index contributed by atoms with van der Waals surface area (Å²) in [5.74, 6) is 1.85. The normalized spacial score (nSPS) is 11.6. The number of fused-ring (bicyclic) bond motifs is 3. The second-order valence-corrected chi connectivity index (χ2v) is 12.2. The van der Waals surface area contributed by atoms with E-state index < -0.39 is 0 Å². The fourth-order valence-electron chi connectivity index (χ4n) is 6.61. The Labute approximate surface area is 284 Å². The van der Waals surface area contributed by atoms with Gasteiger partial charge >= 0.3 is 0 Å². The Morgan fingerprint density at radius 1 is 0.347 bits per heavy atom. The second kappa shape index (κ2) is 12.2. The molecule has 0 aliphatic heterocycles. The van der Waals surface area contributed by atoms with Crippen molar-refractivity contribution >= 4 is 0 Å². The van der Waals surface area contributed by atoms with Gasteiger partial charge in [0, 0.05) is 39.8 Å². The molecule has 0 unspecified atom stereocenters. The minimum atomic E-state index is 0.607. The van der Waals surface area contributed by atoms with Crippen molar-refractivity contribution in [1.29, 1.82) is 0 Å². The monoisotopic (exact) mass is 627 g/mol. The fraction of sp³-hybridized carbons (Fsp3) is 0.0227. The first-order chi connectivity index (χ1) is 24.3. The van der Waals surface area contributed by atoms with E-state index in [1.807, 2.05) is 18.2 Å². The number of nitrogens with zero attached hydrogens (tertiary/aromatic N) is 5. The van der Waals surface area contributed by atoms with Gasteiger partial charge < -0.3 is 0 Å². The molecule has 1 aliphatic carbocycles. The second-order valence-electron chi connectivity index (χ2n) is 12.2. The summed E-state index contributed by atoms with van der Waals surface area (Å²) in [5, 5.41) is 0. The Kier molecular flexibility index (Phi) is 7.13. The third-order valence-electron chi connectivity index (χ3n) is 9.12. The largest absolute Gasteiger partial charge is 0.236 e. The fourth-order valence-corrected chi connectivity index (χ4v) is 6.61. The summed E-state index contributed by atoms with van der Waals surface area (Å²) in [6.07, 6.45) is 2.48. The average Bonchev–Trinajstić information content (AvgIpc) is 3.58. The molecule has 0 bridgehead atoms. The van der Waals surface area contributed by atoms with E-state index in [1.165, 1.54) is 22.3 Å². The predicted octanol–water partition coefficient (Wildman–Crippen LogP) is 10.2. The van der Waals surface area contributed by atoms with Crippen molar-refractivity contribution in [3.8, 4) is 78.9 Å². The summed E-state index contributed by atoms with van der Waals surface area (Å²) < 4.78 is 0. The van der Waals surface area contributed by atoms with Gasteiger partial charge in [0.1, 0.15) is 6.33 Å². The zero-order valence-electron chi connectivity index (χ0n) is 26.5. The Hall–Kier alpha value is -6.59. The van der Waals surface area contributed by atoms with Crippen molar-refractivity contribution in [2.75, 3.05) is 0 Å². The van der Waals surface area contributed by atoms with Gasteiger partial charge in [-0.05, 0) is 33.9 Å². The van der Waals surface area contributed by atoms with Crippen LogP contribution >= 0.6 is 0 Å². The molecule has 49 heavy (non-hydrogen) atoms. The van der Waals surface area contributed by atoms with Gasteiger partial charge in [0.05, 0.1) is 11.4 Å². The first kappa shape index (κ1) is 28.6. The van der Waals surface area contributed by atoms with Crippen molar-refractivity contribution < 1.29 is 0 Å². The van der Waals surface area contributed by atoms with Crippen LogP contribution in [0.5, 0.6) is 0 Å². The van der Waals surface area contributed by atoms with Gasteiger partial charge in [-0.1, -0.05) is 152 Å². The van der Waals surface area contributed by atoms with Gasteiger partial charge in [0.15, 0.2) is 17.5 Å². The summed E-state index contributed by atoms with van der Waals surface area (Å²) in [6, 6.07) is 54.4. The SMILES string of the molecule is c1ccc(-c2ccc(-c3nc(-c4ccc(-c5ccccc5)cc4)nc(-c4cccc(-c5ncnc6c5Cc5ccccc5-6)c4)n3)cc2)cc1. The van der Waals surface area contributed by atoms with Crippen molar-refractivity contribution in [2.24, 2.45) is 0 Å². The summed E-state index contributed by atoms with van der Waals surface area (Å²) in [4.78, 5) is 24.6. The molecule has 5 nitrogen and oxygen atoms in total. The van der Waals surface area contributed by atoms with E-state index in [2.05, 4.69) is 145 Å². The lowest BCUT2D eigenvalue weighted by atomic mass is 10.0. The molecule has 5 heteroatoms. The molecule has 0 fully saturated rings. The molecule has 2 heterocycles. The maximum absolute atomic E-state index is 5.05. The van der Waals surface area contributed by atoms with Gasteiger partial charge in [-0.2, -0.15) is 0 Å². The number of hydrogen-bond donors (Lipinski definition) is 0. The highest BCUT2D eigenvalue weighted by atomic mass is 15.0. The van der Waals surface area contributed by atoms with Crippen LogP contribution in [0.1, 0.15) is 11.1 Å². The van der Waals surface area contributed by atoms with Crippen molar-refractivity contribution in [3.05, 3.63) is 175 Å². The summed E-state index contributed by atoms with van der Waals surface area (Å²) in [5.41, 5.74) is 13.9. The van der Waals surface area contributed by atoms with Crippen LogP contribution < -0.4 is 0 Å². The van der Waals surface area contributed by atoms with Crippen molar-refractivity contribution in [1.82, 2.24) is 24.9 Å². The predicted molar refractivity (Wildman–Crippen MR) is 196 cm³/mol. The third-order valence-corrected chi connectivity index (χ3v) is 9.12. The van der Waals surface area contributed by atoms with E-state index in [1.54, 1.807) is 6.33 Å². The van der Waals surface area contributed by atoms with E-state index in [4.69, 9.17) is 19.9 Å². The lowest BCUT2D eigenvalue weighted by Gasteiger charge is -2.11. The van der Waals surface area contributed by atoms with Gasteiger partial charge in [-0.25, -0.2) is 24.9 Å². The third kappa shape index (κ3) is 5.47. The first-order valence-electron chi connectivity index (χ1n) is 16.4. The van der Waals surface area contributed by atoms with Gasteiger partial charge in [-0.15, -0.1) is 0 Å². The number of hydrogen-bond acceptors (Lipinski definition) is 5. The van der Waals surface area contributed by atoms with E-state index in [9.17, 15) is 0 Å². The molecule has 0 saturated heterocycles. The van der Waals surface area contributed by atoms with Crippen LogP contribution in [0.2, 0.25) is 0 Å². The Morgan fingerprint density at radius 3 is 1.41 bits per heavy atom. The van der Waals surface area contributed by atoms with Crippen molar-refractivity contribution in [3.63, 3.8) is 0 Å². The molecule has 230 valence electrons. The van der Waals surface area contributed by atoms with Crippen molar-refractivity contribution in [2.45, 2.75) is 6.42 Å². The standard InChI is InChI=1S/C44H29N5/c1-3-10-29(11-4-1)31-18-22-33(23-19-31)42-47-43(34-24-20-32(21-25-34)30-12-5-2-6-13-30)49-44(48-42)37-16-9-15-36(26-37)40-39-27-35-14-7-8-17-38(35)41(39)46-28-45-40/h1-26,28H,27H2. The molecule has 9 rings (SSSR count). The lowest BCUT2D eigenvalue weighted by Crippen LogP contribution is -2.01. The molecular formula is C44H29N5. The molecular weight excluding hydrogens is 599 g/mol. The maximum atomic E-state index is 5.05. The maximum Gasteiger partial charge on any atom is 0.164 e. The Morgan fingerprint density at radius 2 is 0.796 bits per heavy atom. The highest BCUT2D eigenvalue weighted by Gasteiger charge is 2.24. The molecule has 0 saturated carbocycles. The zero-order valence-corrected chi connectivity index (χ0v) is 26.5. The molecule has 6 aromatic carbocycles. The highest BCUT2D eigenvalue weighted by molar-refractivity contribution is 5.82. The molecule has 0 atom stereocenters. The van der Waals surface area contributed by atoms with Gasteiger partial charge in [-0.3, -0.25) is 0 Å². The van der Waals surface area contributed by atoms with Crippen LogP contribution in [0.15, 0.2) is 164 Å². The van der Waals surface area contributed by atoms with E-state index in [0.29, 0.717) is 17.5 Å². The minimum Gasteiger partial charge on any atom is -0.236 e. The summed E-state index contributed by atoms with van der Waals surface area (Å²) >= 11 is 0. The Balaban J connectivity index is 1.14. The zero-order chi connectivity index (χ0) is 32.6. The van der Waals surface area contributed by atoms with E-state index >= 15 is 0 Å². The van der Waals surface area contributed by atoms with Gasteiger partial charge in [0.2, 0.25) is 0 Å². The number of rotatable bonds is 6. The lowest BCUT2D eigenvalue weighted by molar-refractivity contribution is 1.07. The molecule has 0 spiro atoms. The van der Waals surface area contributed by atoms with Crippen LogP contribution in [-0.2, 0) is 6.42 Å². The molecule has 0 radical (unpaired) electrons. The highest BCUT2D eigenvalue weighted by Crippen LogP contribution is 2.39. The molecule has 0 N–H and O–H groups in total. The van der Waals surface area contributed by atoms with Crippen LogP contribution in [0.4, 0.5) is 0 Å². The van der Waals surface area contributed by atoms with Crippen LogP contribution in [0.25, 0.3) is 78.9 Å².